The van der Waals surface area contributed by atoms with E-state index in [0.717, 1.165) is 6.26 Å². The Morgan fingerprint density at radius 2 is 1.47 bits per heavy atom. The quantitative estimate of drug-likeness (QED) is 0.405. The Labute approximate surface area is 88.9 Å². The SMILES string of the molecule is C=C(C)C(=O)O/C=C(\C)OC(=O)C(=C)C. The lowest BCUT2D eigenvalue weighted by atomic mass is 10.4. The number of hydrogen-bond donors (Lipinski definition) is 0. The normalized spacial score (nSPS) is 10.5. The summed E-state index contributed by atoms with van der Waals surface area (Å²) in [6.45, 7) is 11.3. The second kappa shape index (κ2) is 5.80. The van der Waals surface area contributed by atoms with Crippen molar-refractivity contribution < 1.29 is 19.1 Å². The van der Waals surface area contributed by atoms with Gasteiger partial charge in [0, 0.05) is 11.1 Å². The van der Waals surface area contributed by atoms with Crippen molar-refractivity contribution in [1.82, 2.24) is 0 Å². The van der Waals surface area contributed by atoms with Crippen molar-refractivity contribution in [1.29, 1.82) is 0 Å². The van der Waals surface area contributed by atoms with Crippen LogP contribution in [0.2, 0.25) is 0 Å². The van der Waals surface area contributed by atoms with Gasteiger partial charge in [0.1, 0.15) is 12.0 Å². The van der Waals surface area contributed by atoms with Crippen LogP contribution in [0.4, 0.5) is 0 Å². The van der Waals surface area contributed by atoms with Crippen LogP contribution in [0.3, 0.4) is 0 Å². The second-order valence-corrected chi connectivity index (χ2v) is 3.08. The highest BCUT2D eigenvalue weighted by Gasteiger charge is 2.06. The summed E-state index contributed by atoms with van der Waals surface area (Å²) in [7, 11) is 0. The number of carbonyl (C=O) groups excluding carboxylic acids is 2. The molecule has 82 valence electrons. The van der Waals surface area contributed by atoms with E-state index in [1.807, 2.05) is 0 Å². The minimum atomic E-state index is -0.569. The molecule has 0 radical (unpaired) electrons. The van der Waals surface area contributed by atoms with E-state index in [0.29, 0.717) is 0 Å². The fourth-order valence-electron chi connectivity index (χ4n) is 0.494. The molecule has 0 unspecified atom stereocenters. The molecule has 0 saturated heterocycles. The molecular formula is C11H14O4. The summed E-state index contributed by atoms with van der Waals surface area (Å²) in [5, 5.41) is 0. The summed E-state index contributed by atoms with van der Waals surface area (Å²) < 4.78 is 9.40. The lowest BCUT2D eigenvalue weighted by Gasteiger charge is -2.03. The maximum Gasteiger partial charge on any atom is 0.338 e. The zero-order valence-electron chi connectivity index (χ0n) is 9.12. The van der Waals surface area contributed by atoms with E-state index in [-0.39, 0.29) is 16.9 Å². The van der Waals surface area contributed by atoms with Crippen molar-refractivity contribution in [2.75, 3.05) is 0 Å². The van der Waals surface area contributed by atoms with Gasteiger partial charge in [-0.3, -0.25) is 0 Å². The van der Waals surface area contributed by atoms with Gasteiger partial charge in [0.05, 0.1) is 0 Å². The van der Waals surface area contributed by atoms with Gasteiger partial charge in [-0.15, -0.1) is 0 Å². The van der Waals surface area contributed by atoms with Crippen molar-refractivity contribution in [2.24, 2.45) is 0 Å². The molecule has 0 atom stereocenters. The fraction of sp³-hybridized carbons (Fsp3) is 0.273. The Hall–Kier alpha value is -1.84. The molecule has 0 heterocycles. The molecule has 0 amide bonds. The first-order valence-electron chi connectivity index (χ1n) is 4.25. The number of esters is 2. The number of ether oxygens (including phenoxy) is 2. The summed E-state index contributed by atoms with van der Waals surface area (Å²) in [6, 6.07) is 0. The summed E-state index contributed by atoms with van der Waals surface area (Å²) in [5.41, 5.74) is 0.541. The second-order valence-electron chi connectivity index (χ2n) is 3.08. The molecule has 15 heavy (non-hydrogen) atoms. The van der Waals surface area contributed by atoms with Crippen LogP contribution in [-0.2, 0) is 19.1 Å². The minimum absolute atomic E-state index is 0.178. The Morgan fingerprint density at radius 1 is 1.00 bits per heavy atom. The van der Waals surface area contributed by atoms with Crippen molar-refractivity contribution in [3.8, 4) is 0 Å². The van der Waals surface area contributed by atoms with Gasteiger partial charge in [0.25, 0.3) is 0 Å². The van der Waals surface area contributed by atoms with Gasteiger partial charge in [-0.1, -0.05) is 13.2 Å². The summed E-state index contributed by atoms with van der Waals surface area (Å²) in [5.74, 6) is -0.951. The van der Waals surface area contributed by atoms with E-state index in [2.05, 4.69) is 17.9 Å². The summed E-state index contributed by atoms with van der Waals surface area (Å²) in [6.07, 6.45) is 1.05. The van der Waals surface area contributed by atoms with E-state index >= 15 is 0 Å². The Bertz CT molecular complexity index is 336. The molecule has 0 aromatic heterocycles. The van der Waals surface area contributed by atoms with Crippen molar-refractivity contribution >= 4 is 11.9 Å². The molecule has 0 saturated carbocycles. The molecule has 0 aromatic carbocycles. The van der Waals surface area contributed by atoms with Crippen LogP contribution in [-0.4, -0.2) is 11.9 Å². The van der Waals surface area contributed by atoms with E-state index in [1.165, 1.54) is 20.8 Å². The van der Waals surface area contributed by atoms with Gasteiger partial charge in [0.2, 0.25) is 0 Å². The lowest BCUT2D eigenvalue weighted by molar-refractivity contribution is -0.137. The van der Waals surface area contributed by atoms with E-state index in [4.69, 9.17) is 4.74 Å². The summed E-state index contributed by atoms with van der Waals surface area (Å²) >= 11 is 0. The highest BCUT2D eigenvalue weighted by molar-refractivity contribution is 5.88. The number of hydrogen-bond acceptors (Lipinski definition) is 4. The summed E-state index contributed by atoms with van der Waals surface area (Å²) in [4.78, 5) is 22.0. The molecule has 0 N–H and O–H groups in total. The fourth-order valence-corrected chi connectivity index (χ4v) is 0.494. The molecule has 0 aliphatic heterocycles. The smallest absolute Gasteiger partial charge is 0.338 e. The highest BCUT2D eigenvalue weighted by atomic mass is 16.6. The minimum Gasteiger partial charge on any atom is -0.428 e. The molecule has 0 fully saturated rings. The van der Waals surface area contributed by atoms with Gasteiger partial charge in [-0.2, -0.15) is 0 Å². The predicted molar refractivity (Wildman–Crippen MR) is 55.6 cm³/mol. The third-order valence-electron chi connectivity index (χ3n) is 1.28. The third-order valence-corrected chi connectivity index (χ3v) is 1.28. The highest BCUT2D eigenvalue weighted by Crippen LogP contribution is 2.03. The van der Waals surface area contributed by atoms with Gasteiger partial charge < -0.3 is 9.47 Å². The standard InChI is InChI=1S/C11H14O4/c1-7(2)10(12)14-6-9(5)15-11(13)8(3)4/h6H,1,3H2,2,4-5H3/b9-6+. The Balaban J connectivity index is 4.22. The van der Waals surface area contributed by atoms with Crippen molar-refractivity contribution in [3.05, 3.63) is 36.3 Å². The largest absolute Gasteiger partial charge is 0.428 e. The Kier molecular flexibility index (Phi) is 5.09. The topological polar surface area (TPSA) is 52.6 Å². The Morgan fingerprint density at radius 3 is 1.87 bits per heavy atom. The molecule has 4 nitrogen and oxygen atoms in total. The van der Waals surface area contributed by atoms with E-state index in [9.17, 15) is 9.59 Å². The van der Waals surface area contributed by atoms with Crippen LogP contribution >= 0.6 is 0 Å². The van der Waals surface area contributed by atoms with E-state index in [1.54, 1.807) is 0 Å². The van der Waals surface area contributed by atoms with Gasteiger partial charge in [0.15, 0.2) is 0 Å². The van der Waals surface area contributed by atoms with Crippen LogP contribution in [0, 0.1) is 0 Å². The molecule has 0 rings (SSSR count). The molecule has 0 aliphatic rings. The van der Waals surface area contributed by atoms with Gasteiger partial charge in [-0.05, 0) is 20.8 Å². The molecule has 0 aliphatic carbocycles. The first-order chi connectivity index (χ1) is 6.84. The molecule has 0 bridgehead atoms. The molecule has 0 spiro atoms. The lowest BCUT2D eigenvalue weighted by Crippen LogP contribution is -2.05. The average molecular weight is 210 g/mol. The number of allylic oxidation sites excluding steroid dienone is 1. The first kappa shape index (κ1) is 13.2. The maximum atomic E-state index is 11.0. The zero-order chi connectivity index (χ0) is 12.0. The van der Waals surface area contributed by atoms with Crippen molar-refractivity contribution in [3.63, 3.8) is 0 Å². The number of carbonyl (C=O) groups is 2. The zero-order valence-corrected chi connectivity index (χ0v) is 9.12. The predicted octanol–water partition coefficient (Wildman–Crippen LogP) is 2.09. The average Bonchev–Trinajstić information content (AvgIpc) is 2.13. The molecular weight excluding hydrogens is 196 g/mol. The van der Waals surface area contributed by atoms with Crippen LogP contribution < -0.4 is 0 Å². The molecule has 4 heteroatoms. The monoisotopic (exact) mass is 210 g/mol. The number of rotatable bonds is 4. The maximum absolute atomic E-state index is 11.0. The first-order valence-corrected chi connectivity index (χ1v) is 4.25. The van der Waals surface area contributed by atoms with Gasteiger partial charge >= 0.3 is 11.9 Å². The van der Waals surface area contributed by atoms with Crippen LogP contribution in [0.5, 0.6) is 0 Å². The van der Waals surface area contributed by atoms with E-state index < -0.39 is 11.9 Å². The van der Waals surface area contributed by atoms with Crippen LogP contribution in [0.1, 0.15) is 20.8 Å². The van der Waals surface area contributed by atoms with Crippen LogP contribution in [0.25, 0.3) is 0 Å². The van der Waals surface area contributed by atoms with Crippen LogP contribution in [0.15, 0.2) is 36.3 Å². The van der Waals surface area contributed by atoms with Gasteiger partial charge in [-0.25, -0.2) is 9.59 Å². The van der Waals surface area contributed by atoms with Crippen molar-refractivity contribution in [2.45, 2.75) is 20.8 Å². The third kappa shape index (κ3) is 5.46. The molecule has 0 aromatic rings.